The lowest BCUT2D eigenvalue weighted by Crippen LogP contribution is -2.35. The lowest BCUT2D eigenvalue weighted by atomic mass is 9.33. The van der Waals surface area contributed by atoms with Gasteiger partial charge in [0, 0.05) is 5.57 Å². The minimum absolute atomic E-state index is 0.0201. The fourth-order valence-electron chi connectivity index (χ4n) is 1.59. The maximum absolute atomic E-state index is 11.6. The Bertz CT molecular complexity index is 307. The fraction of sp³-hybridized carbons (Fsp3) is 0.286. The molecule has 2 aliphatic heterocycles. The topological polar surface area (TPSA) is 38.3 Å². The highest BCUT2D eigenvalue weighted by molar-refractivity contribution is 14.1. The molecule has 7 heteroatoms. The van der Waals surface area contributed by atoms with Crippen LogP contribution in [0, 0.1) is 0 Å². The van der Waals surface area contributed by atoms with Gasteiger partial charge in [0.05, 0.1) is 13.2 Å². The summed E-state index contributed by atoms with van der Waals surface area (Å²) in [6.07, 6.45) is 5.75. The Morgan fingerprint density at radius 2 is 2.43 bits per heavy atom. The highest BCUT2D eigenvalue weighted by atomic mass is 127. The van der Waals surface area contributed by atoms with Crippen molar-refractivity contribution in [3.05, 3.63) is 23.8 Å². The van der Waals surface area contributed by atoms with Gasteiger partial charge in [0.25, 0.3) is 0 Å². The van der Waals surface area contributed by atoms with Gasteiger partial charge >= 0.3 is 0 Å². The van der Waals surface area contributed by atoms with Gasteiger partial charge in [-0.3, -0.25) is 4.79 Å². The molecule has 2 bridgehead atoms. The summed E-state index contributed by atoms with van der Waals surface area (Å²) in [6.45, 7) is 0. The van der Waals surface area contributed by atoms with Gasteiger partial charge in [0.15, 0.2) is 12.3 Å². The number of ether oxygens (including phenoxy) is 1. The van der Waals surface area contributed by atoms with E-state index in [0.29, 0.717) is 0 Å². The molecule has 14 heavy (non-hydrogen) atoms. The zero-order valence-corrected chi connectivity index (χ0v) is 9.86. The minimum atomic E-state index is -0.0976. The van der Waals surface area contributed by atoms with Crippen molar-refractivity contribution in [2.75, 3.05) is 0 Å². The quantitative estimate of drug-likeness (QED) is 0.305. The van der Waals surface area contributed by atoms with Crippen LogP contribution in [0.1, 0.15) is 0 Å². The molecule has 1 N–H and O–H groups in total. The third-order valence-corrected chi connectivity index (χ3v) is 3.05. The van der Waals surface area contributed by atoms with Gasteiger partial charge in [-0.2, -0.15) is 22.4 Å². The molecule has 2 heterocycles. The van der Waals surface area contributed by atoms with E-state index in [1.165, 1.54) is 0 Å². The number of hydrogen-bond acceptors (Lipinski definition) is 2. The van der Waals surface area contributed by atoms with Gasteiger partial charge < -0.3 is 9.96 Å². The van der Waals surface area contributed by atoms with E-state index in [9.17, 15) is 4.79 Å². The molecule has 0 saturated heterocycles. The van der Waals surface area contributed by atoms with Gasteiger partial charge in [-0.1, -0.05) is 12.2 Å². The van der Waals surface area contributed by atoms with Crippen LogP contribution in [0.3, 0.4) is 0 Å². The maximum Gasteiger partial charge on any atom is 0.237 e. The summed E-state index contributed by atoms with van der Waals surface area (Å²) in [5.41, 5.74) is 0.769. The Morgan fingerprint density at radius 3 is 3.00 bits per heavy atom. The van der Waals surface area contributed by atoms with E-state index in [1.807, 2.05) is 18.2 Å². The van der Waals surface area contributed by atoms with Crippen LogP contribution in [0.5, 0.6) is 0 Å². The first-order valence-corrected chi connectivity index (χ1v) is 6.23. The number of amides is 1. The van der Waals surface area contributed by atoms with Crippen molar-refractivity contribution in [3.8, 4) is 0 Å². The van der Waals surface area contributed by atoms with E-state index in [0.717, 1.165) is 25.0 Å². The lowest BCUT2D eigenvalue weighted by Gasteiger charge is -2.08. The Hall–Kier alpha value is -0.165. The second-order valence-corrected chi connectivity index (χ2v) is 4.41. The maximum atomic E-state index is 11.6. The first kappa shape index (κ1) is 10.4. The summed E-state index contributed by atoms with van der Waals surface area (Å²) in [4.78, 5) is 11.6. The predicted molar refractivity (Wildman–Crippen MR) is 69.5 cm³/mol. The fourth-order valence-corrected chi connectivity index (χ4v) is 1.97. The lowest BCUT2D eigenvalue weighted by molar-refractivity contribution is -0.116. The molecular weight excluding hydrogens is 289 g/mol. The molecule has 0 spiro atoms. The molecule has 0 aromatic heterocycles. The molecule has 2 atom stereocenters. The van der Waals surface area contributed by atoms with Crippen molar-refractivity contribution in [1.82, 2.24) is 5.23 Å². The van der Waals surface area contributed by atoms with Crippen molar-refractivity contribution in [2.45, 2.75) is 12.2 Å². The molecule has 0 fully saturated rings. The van der Waals surface area contributed by atoms with Crippen molar-refractivity contribution < 1.29 is 9.53 Å². The number of halogens is 1. The third kappa shape index (κ3) is 2.08. The third-order valence-electron chi connectivity index (χ3n) is 2.29. The highest BCUT2D eigenvalue weighted by Gasteiger charge is 2.32. The zero-order chi connectivity index (χ0) is 9.97. The van der Waals surface area contributed by atoms with Crippen LogP contribution in [0.4, 0.5) is 0 Å². The van der Waals surface area contributed by atoms with E-state index in [1.54, 1.807) is 0 Å². The Labute approximate surface area is 98.3 Å². The molecule has 2 aliphatic rings. The number of hydrogen-bond donors (Lipinski definition) is 1. The van der Waals surface area contributed by atoms with Gasteiger partial charge in [-0.05, 0) is 6.08 Å². The molecule has 3 nitrogen and oxygen atoms in total. The number of carbonyl (C=O) groups is 1. The standard InChI is InChI=1S/C7H9B3INO2/c11-9-8-10-12-7(13)5-3-4-1-2-6(5)14-4/h1-4,6,8-10H,(H,12,13). The first-order chi connectivity index (χ1) is 6.81. The molecule has 0 saturated carbocycles. The van der Waals surface area contributed by atoms with Crippen LogP contribution in [-0.2, 0) is 9.53 Å². The van der Waals surface area contributed by atoms with Gasteiger partial charge in [0.2, 0.25) is 5.91 Å². The van der Waals surface area contributed by atoms with Crippen LogP contribution >= 0.6 is 22.4 Å². The molecule has 2 rings (SSSR count). The second kappa shape index (κ2) is 4.57. The molecule has 70 valence electrons. The molecule has 1 amide bonds. The van der Waals surface area contributed by atoms with E-state index in [2.05, 4.69) is 27.6 Å². The Balaban J connectivity index is 1.85. The Morgan fingerprint density at radius 1 is 1.57 bits per heavy atom. The molecule has 0 aliphatic carbocycles. The monoisotopic (exact) mass is 299 g/mol. The van der Waals surface area contributed by atoms with Crippen molar-refractivity contribution in [3.63, 3.8) is 0 Å². The molecular formula is C7H9B3INO2. The first-order valence-electron chi connectivity index (χ1n) is 4.71. The largest absolute Gasteiger partial charge is 0.407 e. The summed E-state index contributed by atoms with van der Waals surface area (Å²) >= 11 is 2.30. The molecule has 0 radical (unpaired) electrons. The summed E-state index contributed by atoms with van der Waals surface area (Å²) < 4.78 is 5.45. The summed E-state index contributed by atoms with van der Waals surface area (Å²) in [5, 5.41) is 3.95. The molecule has 0 aromatic carbocycles. The predicted octanol–water partition coefficient (Wildman–Crippen LogP) is -1.23. The van der Waals surface area contributed by atoms with Crippen LogP contribution in [-0.4, -0.2) is 37.5 Å². The number of rotatable bonds is 4. The van der Waals surface area contributed by atoms with Crippen molar-refractivity contribution in [1.29, 1.82) is 0 Å². The van der Waals surface area contributed by atoms with Crippen LogP contribution in [0.15, 0.2) is 23.8 Å². The van der Waals surface area contributed by atoms with E-state index in [4.69, 9.17) is 4.74 Å². The average molecular weight is 298 g/mol. The summed E-state index contributed by atoms with van der Waals surface area (Å²) in [7, 11) is 1.77. The number of nitrogens with one attached hydrogen (secondary N) is 1. The summed E-state index contributed by atoms with van der Waals surface area (Å²) in [5.74, 6) is 0.0201. The van der Waals surface area contributed by atoms with Gasteiger partial charge in [-0.15, -0.1) is 0 Å². The zero-order valence-electron chi connectivity index (χ0n) is 7.70. The van der Waals surface area contributed by atoms with Gasteiger partial charge in [0.1, 0.15) is 6.10 Å². The van der Waals surface area contributed by atoms with Crippen LogP contribution in [0.2, 0.25) is 0 Å². The highest BCUT2D eigenvalue weighted by Crippen LogP contribution is 2.27. The Kier molecular flexibility index (Phi) is 3.38. The number of carbonyl (C=O) groups excluding carboxylic acids is 1. The SMILES string of the molecule is O=C(NBBBI)C1=CC2C=CC1O2. The van der Waals surface area contributed by atoms with E-state index in [-0.39, 0.29) is 18.1 Å². The van der Waals surface area contributed by atoms with Crippen LogP contribution in [0.25, 0.3) is 0 Å². The average Bonchev–Trinajstić information content (AvgIpc) is 2.79. The van der Waals surface area contributed by atoms with Crippen molar-refractivity contribution >= 4 is 47.7 Å². The molecule has 0 aromatic rings. The molecule has 2 unspecified atom stereocenters. The van der Waals surface area contributed by atoms with E-state index >= 15 is 0 Å². The van der Waals surface area contributed by atoms with E-state index < -0.39 is 0 Å². The van der Waals surface area contributed by atoms with Gasteiger partial charge in [-0.25, -0.2) is 0 Å². The van der Waals surface area contributed by atoms with Crippen LogP contribution < -0.4 is 5.23 Å². The van der Waals surface area contributed by atoms with Crippen molar-refractivity contribution in [2.24, 2.45) is 0 Å². The summed E-state index contributed by atoms with van der Waals surface area (Å²) in [6, 6.07) is 0. The minimum Gasteiger partial charge on any atom is -0.407 e. The second-order valence-electron chi connectivity index (χ2n) is 3.33. The number of fused-ring (bicyclic) bond motifs is 2. The smallest absolute Gasteiger partial charge is 0.237 e. The normalized spacial score (nSPS) is 27.1.